The molecule has 9 heavy (non-hydrogen) atoms. The highest BCUT2D eigenvalue weighted by Gasteiger charge is 1.90. The molecule has 0 aliphatic rings. The van der Waals surface area contributed by atoms with E-state index >= 15 is 0 Å². The highest BCUT2D eigenvalue weighted by Crippen LogP contribution is 2.06. The molecule has 0 unspecified atom stereocenters. The summed E-state index contributed by atoms with van der Waals surface area (Å²) in [5.74, 6) is 0. The molecule has 0 aliphatic carbocycles. The SMILES string of the molecule is NCCCc1cncs1. The quantitative estimate of drug-likeness (QED) is 0.684. The minimum absolute atomic E-state index is 0.776. The molecule has 0 saturated carbocycles. The molecule has 1 heterocycles. The molecule has 0 aliphatic heterocycles. The van der Waals surface area contributed by atoms with E-state index < -0.39 is 0 Å². The highest BCUT2D eigenvalue weighted by molar-refractivity contribution is 7.09. The van der Waals surface area contributed by atoms with Gasteiger partial charge in [-0.15, -0.1) is 11.3 Å². The lowest BCUT2D eigenvalue weighted by molar-refractivity contribution is 0.841. The average molecular weight is 142 g/mol. The van der Waals surface area contributed by atoms with Crippen molar-refractivity contribution < 1.29 is 0 Å². The fourth-order valence-corrected chi connectivity index (χ4v) is 1.28. The Balaban J connectivity index is 2.30. The smallest absolute Gasteiger partial charge is 0.0794 e. The van der Waals surface area contributed by atoms with Crippen LogP contribution in [0.4, 0.5) is 0 Å². The molecule has 0 radical (unpaired) electrons. The normalized spacial score (nSPS) is 9.89. The Kier molecular flexibility index (Phi) is 2.67. The van der Waals surface area contributed by atoms with Gasteiger partial charge in [0.1, 0.15) is 0 Å². The van der Waals surface area contributed by atoms with Gasteiger partial charge in [0.05, 0.1) is 5.51 Å². The predicted molar refractivity (Wildman–Crippen MR) is 39.5 cm³/mol. The van der Waals surface area contributed by atoms with Crippen molar-refractivity contribution in [1.82, 2.24) is 4.98 Å². The highest BCUT2D eigenvalue weighted by atomic mass is 32.1. The van der Waals surface area contributed by atoms with Crippen LogP contribution in [-0.2, 0) is 6.42 Å². The lowest BCUT2D eigenvalue weighted by Crippen LogP contribution is -1.99. The third-order valence-electron chi connectivity index (χ3n) is 1.11. The van der Waals surface area contributed by atoms with Gasteiger partial charge in [-0.3, -0.25) is 4.98 Å². The van der Waals surface area contributed by atoms with Gasteiger partial charge < -0.3 is 5.73 Å². The molecule has 1 aromatic heterocycles. The van der Waals surface area contributed by atoms with Gasteiger partial charge in [0.2, 0.25) is 0 Å². The minimum atomic E-state index is 0.776. The molecular weight excluding hydrogens is 132 g/mol. The lowest BCUT2D eigenvalue weighted by atomic mass is 10.3. The van der Waals surface area contributed by atoms with Crippen LogP contribution in [-0.4, -0.2) is 11.5 Å². The molecule has 0 saturated heterocycles. The van der Waals surface area contributed by atoms with Crippen molar-refractivity contribution in [3.8, 4) is 0 Å². The van der Waals surface area contributed by atoms with Crippen LogP contribution in [0.3, 0.4) is 0 Å². The van der Waals surface area contributed by atoms with E-state index in [9.17, 15) is 0 Å². The first-order valence-corrected chi connectivity index (χ1v) is 3.89. The minimum Gasteiger partial charge on any atom is -0.330 e. The zero-order valence-corrected chi connectivity index (χ0v) is 6.03. The van der Waals surface area contributed by atoms with E-state index in [0.29, 0.717) is 0 Å². The Bertz CT molecular complexity index is 148. The lowest BCUT2D eigenvalue weighted by Gasteiger charge is -1.89. The van der Waals surface area contributed by atoms with E-state index in [0.717, 1.165) is 19.4 Å². The Labute approximate surface area is 58.7 Å². The predicted octanol–water partition coefficient (Wildman–Crippen LogP) is 1.03. The van der Waals surface area contributed by atoms with E-state index in [-0.39, 0.29) is 0 Å². The molecule has 0 aromatic carbocycles. The molecule has 50 valence electrons. The van der Waals surface area contributed by atoms with E-state index in [2.05, 4.69) is 4.98 Å². The van der Waals surface area contributed by atoms with Crippen LogP contribution in [0.2, 0.25) is 0 Å². The second-order valence-electron chi connectivity index (χ2n) is 1.86. The standard InChI is InChI=1S/C6H10N2S/c7-3-1-2-6-4-8-5-9-6/h4-5H,1-3,7H2. The summed E-state index contributed by atoms with van der Waals surface area (Å²) in [6.07, 6.45) is 4.06. The number of aryl methyl sites for hydroxylation is 1. The summed E-state index contributed by atoms with van der Waals surface area (Å²) in [6.45, 7) is 0.776. The topological polar surface area (TPSA) is 38.9 Å². The molecule has 0 atom stereocenters. The van der Waals surface area contributed by atoms with Crippen LogP contribution in [0.1, 0.15) is 11.3 Å². The van der Waals surface area contributed by atoms with Crippen molar-refractivity contribution in [3.63, 3.8) is 0 Å². The van der Waals surface area contributed by atoms with Crippen molar-refractivity contribution in [3.05, 3.63) is 16.6 Å². The van der Waals surface area contributed by atoms with Gasteiger partial charge in [-0.2, -0.15) is 0 Å². The van der Waals surface area contributed by atoms with E-state index in [1.165, 1.54) is 4.88 Å². The first-order chi connectivity index (χ1) is 4.43. The number of nitrogens with two attached hydrogens (primary N) is 1. The number of rotatable bonds is 3. The number of thiazole rings is 1. The van der Waals surface area contributed by atoms with Gasteiger partial charge in [-0.05, 0) is 19.4 Å². The Morgan fingerprint density at radius 1 is 1.67 bits per heavy atom. The molecule has 0 spiro atoms. The molecule has 0 amide bonds. The summed E-state index contributed by atoms with van der Waals surface area (Å²) >= 11 is 1.70. The van der Waals surface area contributed by atoms with Crippen LogP contribution in [0.25, 0.3) is 0 Å². The second kappa shape index (κ2) is 3.58. The first-order valence-electron chi connectivity index (χ1n) is 3.01. The summed E-state index contributed by atoms with van der Waals surface area (Å²) in [6, 6.07) is 0. The zero-order valence-electron chi connectivity index (χ0n) is 5.21. The van der Waals surface area contributed by atoms with E-state index in [1.807, 2.05) is 11.7 Å². The molecule has 3 heteroatoms. The largest absolute Gasteiger partial charge is 0.330 e. The summed E-state index contributed by atoms with van der Waals surface area (Å²) in [4.78, 5) is 5.29. The fraction of sp³-hybridized carbons (Fsp3) is 0.500. The average Bonchev–Trinajstić information content (AvgIpc) is 2.34. The molecule has 1 rings (SSSR count). The van der Waals surface area contributed by atoms with Gasteiger partial charge >= 0.3 is 0 Å². The first kappa shape index (κ1) is 6.71. The third kappa shape index (κ3) is 2.11. The number of hydrogen-bond acceptors (Lipinski definition) is 3. The van der Waals surface area contributed by atoms with Crippen molar-refractivity contribution in [2.45, 2.75) is 12.8 Å². The third-order valence-corrected chi connectivity index (χ3v) is 1.95. The maximum absolute atomic E-state index is 5.33. The Morgan fingerprint density at radius 3 is 3.11 bits per heavy atom. The van der Waals surface area contributed by atoms with Crippen molar-refractivity contribution in [1.29, 1.82) is 0 Å². The monoisotopic (exact) mass is 142 g/mol. The van der Waals surface area contributed by atoms with Crippen LogP contribution >= 0.6 is 11.3 Å². The number of hydrogen-bond donors (Lipinski definition) is 1. The molecule has 0 fully saturated rings. The van der Waals surface area contributed by atoms with Crippen LogP contribution in [0, 0.1) is 0 Å². The molecular formula is C6H10N2S. The van der Waals surface area contributed by atoms with Crippen molar-refractivity contribution in [2.75, 3.05) is 6.54 Å². The van der Waals surface area contributed by atoms with Gasteiger partial charge in [-0.25, -0.2) is 0 Å². The summed E-state index contributed by atoms with van der Waals surface area (Å²) < 4.78 is 0. The van der Waals surface area contributed by atoms with Gasteiger partial charge in [0.15, 0.2) is 0 Å². The summed E-state index contributed by atoms with van der Waals surface area (Å²) in [5, 5.41) is 0. The molecule has 2 nitrogen and oxygen atoms in total. The van der Waals surface area contributed by atoms with Crippen LogP contribution in [0.15, 0.2) is 11.7 Å². The maximum Gasteiger partial charge on any atom is 0.0794 e. The van der Waals surface area contributed by atoms with Gasteiger partial charge in [0.25, 0.3) is 0 Å². The summed E-state index contributed by atoms with van der Waals surface area (Å²) in [5.41, 5.74) is 7.18. The number of aromatic nitrogens is 1. The number of nitrogens with zero attached hydrogens (tertiary/aromatic N) is 1. The Hall–Kier alpha value is -0.410. The van der Waals surface area contributed by atoms with Crippen LogP contribution < -0.4 is 5.73 Å². The van der Waals surface area contributed by atoms with E-state index in [4.69, 9.17) is 5.73 Å². The van der Waals surface area contributed by atoms with Gasteiger partial charge in [0, 0.05) is 11.1 Å². The maximum atomic E-state index is 5.33. The van der Waals surface area contributed by atoms with Crippen molar-refractivity contribution in [2.24, 2.45) is 5.73 Å². The molecule has 1 aromatic rings. The summed E-state index contributed by atoms with van der Waals surface area (Å²) in [7, 11) is 0. The molecule has 2 N–H and O–H groups in total. The Morgan fingerprint density at radius 2 is 2.56 bits per heavy atom. The van der Waals surface area contributed by atoms with Crippen LogP contribution in [0.5, 0.6) is 0 Å². The van der Waals surface area contributed by atoms with Gasteiger partial charge in [-0.1, -0.05) is 0 Å². The fourth-order valence-electron chi connectivity index (χ4n) is 0.642. The zero-order chi connectivity index (χ0) is 6.53. The molecule has 0 bridgehead atoms. The van der Waals surface area contributed by atoms with E-state index in [1.54, 1.807) is 11.3 Å². The second-order valence-corrected chi connectivity index (χ2v) is 2.83. The van der Waals surface area contributed by atoms with Crippen molar-refractivity contribution >= 4 is 11.3 Å².